The van der Waals surface area contributed by atoms with E-state index in [1.54, 1.807) is 17.0 Å². The van der Waals surface area contributed by atoms with Crippen LogP contribution in [0.3, 0.4) is 0 Å². The summed E-state index contributed by atoms with van der Waals surface area (Å²) in [6.07, 6.45) is 2.80. The molecule has 0 spiro atoms. The molecule has 2 atom stereocenters. The molecular weight excluding hydrogens is 583 g/mol. The van der Waals surface area contributed by atoms with Crippen LogP contribution in [0.1, 0.15) is 64.8 Å². The number of pyridine rings is 1. The molecule has 10 nitrogen and oxygen atoms in total. The summed E-state index contributed by atoms with van der Waals surface area (Å²) in [5.41, 5.74) is 7.88. The van der Waals surface area contributed by atoms with Gasteiger partial charge in [-0.2, -0.15) is 4.98 Å². The fraction of sp³-hybridized carbons (Fsp3) is 0.375. The third kappa shape index (κ3) is 5.29. The van der Waals surface area contributed by atoms with Gasteiger partial charge in [0.25, 0.3) is 0 Å². The molecule has 0 bridgehead atoms. The second-order valence-electron chi connectivity index (χ2n) is 11.8. The van der Waals surface area contributed by atoms with E-state index >= 15 is 4.39 Å². The molecule has 1 aliphatic heterocycles. The van der Waals surface area contributed by atoms with Crippen molar-refractivity contribution in [2.24, 2.45) is 0 Å². The third-order valence-electron chi connectivity index (χ3n) is 7.93. The lowest BCUT2D eigenvalue weighted by Gasteiger charge is -2.44. The first kappa shape index (κ1) is 31.1. The van der Waals surface area contributed by atoms with E-state index in [9.17, 15) is 9.59 Å². The summed E-state index contributed by atoms with van der Waals surface area (Å²) in [4.78, 5) is 49.1. The highest BCUT2D eigenvalue weighted by Gasteiger charge is 2.34. The van der Waals surface area contributed by atoms with Gasteiger partial charge >= 0.3 is 5.69 Å². The minimum atomic E-state index is -0.599. The predicted octanol–water partition coefficient (Wildman–Crippen LogP) is 5.47. The second-order valence-corrected chi connectivity index (χ2v) is 12.2. The lowest BCUT2D eigenvalue weighted by atomic mass is 10.0. The molecule has 3 aromatic heterocycles. The molecule has 0 unspecified atom stereocenters. The quantitative estimate of drug-likeness (QED) is 0.223. The molecule has 1 aromatic carbocycles. The molecule has 1 fully saturated rings. The van der Waals surface area contributed by atoms with Crippen molar-refractivity contribution >= 4 is 40.0 Å². The number of hydrogen-bond acceptors (Lipinski definition) is 8. The second kappa shape index (κ2) is 12.0. The molecule has 4 heterocycles. The minimum Gasteiger partial charge on any atom is -0.398 e. The molecule has 1 aliphatic rings. The predicted molar refractivity (Wildman–Crippen MR) is 172 cm³/mol. The van der Waals surface area contributed by atoms with Crippen molar-refractivity contribution in [3.05, 3.63) is 76.0 Å². The van der Waals surface area contributed by atoms with Gasteiger partial charge in [0.2, 0.25) is 5.91 Å². The maximum Gasteiger partial charge on any atom is 0.355 e. The van der Waals surface area contributed by atoms with Gasteiger partial charge in [-0.3, -0.25) is 4.79 Å². The summed E-state index contributed by atoms with van der Waals surface area (Å²) in [6.45, 7) is 16.2. The van der Waals surface area contributed by atoms with Crippen molar-refractivity contribution in [3.63, 3.8) is 0 Å². The number of rotatable bonds is 6. The molecule has 0 aliphatic carbocycles. The lowest BCUT2D eigenvalue weighted by Crippen LogP contribution is -2.58. The summed E-state index contributed by atoms with van der Waals surface area (Å²) >= 11 is 6.83. The third-order valence-corrected chi connectivity index (χ3v) is 8.22. The van der Waals surface area contributed by atoms with Gasteiger partial charge in [-0.15, -0.1) is 0 Å². The minimum absolute atomic E-state index is 0.0352. The van der Waals surface area contributed by atoms with Crippen LogP contribution in [0, 0.1) is 5.82 Å². The molecule has 4 aromatic rings. The number of nitrogens with two attached hydrogens (primary N) is 1. The standard InChI is InChI=1S/C32H36ClFN8O2/c1-8-24(43)41-18(6)13-40(14-19(41)7)30-20-12-21(33)28(25-22(34)10-9-11-23(25)35)38-31(20)42(32(44)39-30)29-26(16(2)3)36-15-37-27(29)17(4)5/h8-12,15-19H,1,13-14,35H2,2-7H3/t18-,19+. The first-order chi connectivity index (χ1) is 20.8. The van der Waals surface area contributed by atoms with Gasteiger partial charge in [-0.05, 0) is 50.0 Å². The van der Waals surface area contributed by atoms with Crippen LogP contribution in [0.25, 0.3) is 28.0 Å². The Morgan fingerprint density at radius 3 is 2.25 bits per heavy atom. The van der Waals surface area contributed by atoms with E-state index in [0.29, 0.717) is 41.4 Å². The highest BCUT2D eigenvalue weighted by Crippen LogP contribution is 2.38. The molecular formula is C32H36ClFN8O2. The Morgan fingerprint density at radius 1 is 1.09 bits per heavy atom. The van der Waals surface area contributed by atoms with Crippen molar-refractivity contribution < 1.29 is 9.18 Å². The van der Waals surface area contributed by atoms with E-state index in [0.717, 1.165) is 0 Å². The van der Waals surface area contributed by atoms with Gasteiger partial charge in [-0.25, -0.2) is 28.7 Å². The first-order valence-corrected chi connectivity index (χ1v) is 15.0. The molecule has 12 heteroatoms. The van der Waals surface area contributed by atoms with Gasteiger partial charge in [0.05, 0.1) is 38.7 Å². The summed E-state index contributed by atoms with van der Waals surface area (Å²) in [6, 6.07) is 5.60. The molecule has 5 rings (SSSR count). The van der Waals surface area contributed by atoms with Crippen molar-refractivity contribution in [2.75, 3.05) is 23.7 Å². The van der Waals surface area contributed by atoms with Crippen LogP contribution in [0.2, 0.25) is 5.02 Å². The molecule has 230 valence electrons. The zero-order valence-corrected chi connectivity index (χ0v) is 26.4. The monoisotopic (exact) mass is 618 g/mol. The van der Waals surface area contributed by atoms with E-state index < -0.39 is 11.5 Å². The highest BCUT2D eigenvalue weighted by atomic mass is 35.5. The Morgan fingerprint density at radius 2 is 1.70 bits per heavy atom. The molecule has 44 heavy (non-hydrogen) atoms. The number of aromatic nitrogens is 5. The number of anilines is 2. The van der Waals surface area contributed by atoms with Gasteiger partial charge in [0.1, 0.15) is 18.0 Å². The fourth-order valence-corrected chi connectivity index (χ4v) is 6.28. The first-order valence-electron chi connectivity index (χ1n) is 14.6. The van der Waals surface area contributed by atoms with Crippen molar-refractivity contribution in [2.45, 2.75) is 65.5 Å². The summed E-state index contributed by atoms with van der Waals surface area (Å²) in [5.74, 6) is -0.540. The number of nitrogens with zero attached hydrogens (tertiary/aromatic N) is 7. The Balaban J connectivity index is 1.87. The van der Waals surface area contributed by atoms with E-state index in [4.69, 9.17) is 22.3 Å². The van der Waals surface area contributed by atoms with Crippen LogP contribution in [-0.2, 0) is 4.79 Å². The topological polar surface area (TPSA) is 123 Å². The van der Waals surface area contributed by atoms with Crippen LogP contribution in [0.4, 0.5) is 15.9 Å². The Labute approximate surface area is 260 Å². The molecule has 0 saturated carbocycles. The average molecular weight is 619 g/mol. The average Bonchev–Trinajstić information content (AvgIpc) is 2.96. The van der Waals surface area contributed by atoms with Crippen LogP contribution in [-0.4, -0.2) is 60.5 Å². The fourth-order valence-electron chi connectivity index (χ4n) is 6.03. The van der Waals surface area contributed by atoms with Crippen molar-refractivity contribution in [1.29, 1.82) is 0 Å². The summed E-state index contributed by atoms with van der Waals surface area (Å²) in [5, 5.41) is 0.617. The number of nitrogen functional groups attached to an aromatic ring is 1. The largest absolute Gasteiger partial charge is 0.398 e. The number of carbonyl (C=O) groups is 1. The highest BCUT2D eigenvalue weighted by molar-refractivity contribution is 6.34. The molecule has 0 radical (unpaired) electrons. The number of hydrogen-bond donors (Lipinski definition) is 1. The van der Waals surface area contributed by atoms with Gasteiger partial charge in [-0.1, -0.05) is 51.9 Å². The van der Waals surface area contributed by atoms with E-state index in [-0.39, 0.29) is 57.4 Å². The number of carbonyl (C=O) groups excluding carboxylic acids is 1. The number of amides is 1. The SMILES string of the molecule is C=CC(=O)N1[C@H](C)CN(c2nc(=O)n(-c3c(C(C)C)ncnc3C(C)C)c3nc(-c4c(N)cccc4F)c(Cl)cc23)C[C@@H]1C. The van der Waals surface area contributed by atoms with Crippen LogP contribution in [0.15, 0.2) is 48.0 Å². The zero-order valence-electron chi connectivity index (χ0n) is 25.7. The van der Waals surface area contributed by atoms with Crippen molar-refractivity contribution in [1.82, 2.24) is 29.4 Å². The van der Waals surface area contributed by atoms with E-state index in [1.165, 1.54) is 29.1 Å². The van der Waals surface area contributed by atoms with Gasteiger partial charge < -0.3 is 15.5 Å². The maximum atomic E-state index is 15.2. The van der Waals surface area contributed by atoms with Crippen LogP contribution >= 0.6 is 11.6 Å². The normalized spacial score (nSPS) is 17.1. The molecule has 1 saturated heterocycles. The Bertz CT molecular complexity index is 1780. The Hall–Kier alpha value is -4.38. The summed E-state index contributed by atoms with van der Waals surface area (Å²) < 4.78 is 16.6. The number of halogens is 2. The smallest absolute Gasteiger partial charge is 0.355 e. The number of piperazine rings is 1. The zero-order chi connectivity index (χ0) is 32.0. The molecule has 2 N–H and O–H groups in total. The Kier molecular flexibility index (Phi) is 8.44. The van der Waals surface area contributed by atoms with Crippen molar-refractivity contribution in [3.8, 4) is 16.9 Å². The van der Waals surface area contributed by atoms with E-state index in [2.05, 4.69) is 21.5 Å². The van der Waals surface area contributed by atoms with E-state index in [1.807, 2.05) is 46.4 Å². The van der Waals surface area contributed by atoms with Crippen LogP contribution in [0.5, 0.6) is 0 Å². The molecule has 1 amide bonds. The van der Waals surface area contributed by atoms with Gasteiger partial charge in [0, 0.05) is 30.9 Å². The van der Waals surface area contributed by atoms with Crippen LogP contribution < -0.4 is 16.3 Å². The lowest BCUT2D eigenvalue weighted by molar-refractivity contribution is -0.130. The van der Waals surface area contributed by atoms with Gasteiger partial charge in [0.15, 0.2) is 5.65 Å². The number of fused-ring (bicyclic) bond motifs is 1. The number of benzene rings is 1. The maximum absolute atomic E-state index is 15.2. The summed E-state index contributed by atoms with van der Waals surface area (Å²) in [7, 11) is 0.